The lowest BCUT2D eigenvalue weighted by Crippen LogP contribution is -2.28. The van der Waals surface area contributed by atoms with Gasteiger partial charge in [-0.05, 0) is 44.0 Å². The predicted molar refractivity (Wildman–Crippen MR) is 105 cm³/mol. The van der Waals surface area contributed by atoms with Crippen molar-refractivity contribution in [2.45, 2.75) is 27.2 Å². The largest absolute Gasteiger partial charge is 0.495 e. The van der Waals surface area contributed by atoms with Gasteiger partial charge in [0.05, 0.1) is 24.3 Å². The van der Waals surface area contributed by atoms with Crippen LogP contribution in [0.1, 0.15) is 28.0 Å². The number of hydrogen-bond acceptors (Lipinski definition) is 5. The van der Waals surface area contributed by atoms with Crippen LogP contribution in [0.2, 0.25) is 0 Å². The van der Waals surface area contributed by atoms with E-state index in [4.69, 9.17) is 4.74 Å². The minimum atomic E-state index is -0.475. The van der Waals surface area contributed by atoms with Gasteiger partial charge in [0.25, 0.3) is 0 Å². The Balaban J connectivity index is 1.80. The lowest BCUT2D eigenvalue weighted by molar-refractivity contribution is -0.122. The highest BCUT2D eigenvalue weighted by molar-refractivity contribution is 7.16. The average Bonchev–Trinajstić information content (AvgIpc) is 3.15. The number of carbonyl (C=O) groups excluding carboxylic acids is 2. The van der Waals surface area contributed by atoms with Gasteiger partial charge in [0, 0.05) is 17.8 Å². The summed E-state index contributed by atoms with van der Waals surface area (Å²) in [5.74, 6) is -0.225. The van der Waals surface area contributed by atoms with Crippen LogP contribution in [-0.2, 0) is 9.59 Å². The summed E-state index contributed by atoms with van der Waals surface area (Å²) in [6.45, 7) is 6.01. The fraction of sp³-hybridized carbons (Fsp3) is 0.350. The first-order valence-electron chi connectivity index (χ1n) is 8.61. The van der Waals surface area contributed by atoms with Crippen molar-refractivity contribution in [1.29, 1.82) is 5.26 Å². The maximum atomic E-state index is 12.7. The molecule has 1 N–H and O–H groups in total. The summed E-state index contributed by atoms with van der Waals surface area (Å²) in [4.78, 5) is 27.9. The number of ether oxygens (including phenoxy) is 1. The zero-order chi connectivity index (χ0) is 19.7. The zero-order valence-corrected chi connectivity index (χ0v) is 16.6. The molecule has 6 nitrogen and oxygen atoms in total. The third-order valence-electron chi connectivity index (χ3n) is 4.85. The van der Waals surface area contributed by atoms with Crippen molar-refractivity contribution in [3.8, 4) is 11.8 Å². The van der Waals surface area contributed by atoms with E-state index in [1.165, 1.54) is 11.3 Å². The van der Waals surface area contributed by atoms with Gasteiger partial charge >= 0.3 is 0 Å². The molecule has 1 aromatic carbocycles. The van der Waals surface area contributed by atoms with Crippen LogP contribution in [0.4, 0.5) is 10.7 Å². The van der Waals surface area contributed by atoms with E-state index in [9.17, 15) is 14.9 Å². The first-order valence-corrected chi connectivity index (χ1v) is 9.43. The number of nitrogens with zero attached hydrogens (tertiary/aromatic N) is 2. The Hall–Kier alpha value is -2.85. The molecule has 1 aliphatic heterocycles. The third-order valence-corrected chi connectivity index (χ3v) is 5.98. The minimum absolute atomic E-state index is 0.113. The van der Waals surface area contributed by atoms with E-state index in [0.717, 1.165) is 16.0 Å². The van der Waals surface area contributed by atoms with Gasteiger partial charge in [-0.25, -0.2) is 0 Å². The Labute approximate surface area is 162 Å². The van der Waals surface area contributed by atoms with Crippen LogP contribution < -0.4 is 15.0 Å². The lowest BCUT2D eigenvalue weighted by Gasteiger charge is -2.20. The van der Waals surface area contributed by atoms with Gasteiger partial charge in [0.2, 0.25) is 11.8 Å². The minimum Gasteiger partial charge on any atom is -0.495 e. The maximum absolute atomic E-state index is 12.7. The number of nitrogens with one attached hydrogen (secondary N) is 1. The van der Waals surface area contributed by atoms with Gasteiger partial charge in [0.1, 0.15) is 16.8 Å². The Morgan fingerprint density at radius 3 is 2.78 bits per heavy atom. The number of hydrogen-bond donors (Lipinski definition) is 1. The summed E-state index contributed by atoms with van der Waals surface area (Å²) in [6.07, 6.45) is 0.133. The molecule has 27 heavy (non-hydrogen) atoms. The molecule has 1 aliphatic rings. The summed E-state index contributed by atoms with van der Waals surface area (Å²) in [5.41, 5.74) is 3.06. The van der Waals surface area contributed by atoms with Crippen molar-refractivity contribution in [2.24, 2.45) is 5.92 Å². The number of benzene rings is 1. The third kappa shape index (κ3) is 3.53. The van der Waals surface area contributed by atoms with Crippen molar-refractivity contribution in [2.75, 3.05) is 23.9 Å². The highest BCUT2D eigenvalue weighted by atomic mass is 32.1. The second-order valence-electron chi connectivity index (χ2n) is 6.67. The molecule has 0 bridgehead atoms. The maximum Gasteiger partial charge on any atom is 0.230 e. The molecule has 1 fully saturated rings. The Kier molecular flexibility index (Phi) is 5.19. The molecule has 2 heterocycles. The van der Waals surface area contributed by atoms with E-state index >= 15 is 0 Å². The summed E-state index contributed by atoms with van der Waals surface area (Å²) in [7, 11) is 1.56. The van der Waals surface area contributed by atoms with E-state index < -0.39 is 5.92 Å². The van der Waals surface area contributed by atoms with Crippen LogP contribution in [0.25, 0.3) is 0 Å². The molecule has 2 aromatic rings. The van der Waals surface area contributed by atoms with E-state index in [-0.39, 0.29) is 24.8 Å². The Morgan fingerprint density at radius 2 is 2.11 bits per heavy atom. The molecular formula is C20H21N3O3S. The van der Waals surface area contributed by atoms with Crippen LogP contribution in [0, 0.1) is 38.0 Å². The lowest BCUT2D eigenvalue weighted by atomic mass is 10.1. The standard InChI is InChI=1S/C20H21N3O3S/c1-11-5-6-17(26-4)16(7-11)23-10-14(8-18(23)24)19(25)22-20-15(9-21)12(2)13(3)27-20/h5-7,14H,8,10H2,1-4H3,(H,22,25). The van der Waals surface area contributed by atoms with Gasteiger partial charge in [-0.3, -0.25) is 9.59 Å². The first kappa shape index (κ1) is 18.9. The SMILES string of the molecule is COc1ccc(C)cc1N1CC(C(=O)Nc2sc(C)c(C)c2C#N)CC1=O. The molecule has 3 rings (SSSR count). The van der Waals surface area contributed by atoms with Crippen LogP contribution in [0.3, 0.4) is 0 Å². The van der Waals surface area contributed by atoms with Crippen molar-refractivity contribution in [1.82, 2.24) is 0 Å². The van der Waals surface area contributed by atoms with E-state index in [1.807, 2.05) is 39.0 Å². The smallest absolute Gasteiger partial charge is 0.230 e. The summed E-state index contributed by atoms with van der Waals surface area (Å²) < 4.78 is 5.37. The number of rotatable bonds is 4. The molecular weight excluding hydrogens is 362 g/mol. The van der Waals surface area contributed by atoms with E-state index in [1.54, 1.807) is 12.0 Å². The highest BCUT2D eigenvalue weighted by Gasteiger charge is 2.36. The topological polar surface area (TPSA) is 82.4 Å². The molecule has 1 saturated heterocycles. The normalized spacial score (nSPS) is 16.3. The summed E-state index contributed by atoms with van der Waals surface area (Å²) >= 11 is 1.39. The number of anilines is 2. The molecule has 2 amide bonds. The van der Waals surface area contributed by atoms with Gasteiger partial charge in [-0.1, -0.05) is 6.07 Å². The van der Waals surface area contributed by atoms with Crippen molar-refractivity contribution >= 4 is 33.8 Å². The molecule has 0 aliphatic carbocycles. The van der Waals surface area contributed by atoms with Crippen LogP contribution in [0.5, 0.6) is 5.75 Å². The molecule has 0 radical (unpaired) electrons. The van der Waals surface area contributed by atoms with Gasteiger partial charge in [0.15, 0.2) is 0 Å². The van der Waals surface area contributed by atoms with Crippen LogP contribution in [-0.4, -0.2) is 25.5 Å². The molecule has 1 aromatic heterocycles. The van der Waals surface area contributed by atoms with E-state index in [2.05, 4.69) is 11.4 Å². The van der Waals surface area contributed by atoms with Gasteiger partial charge in [-0.2, -0.15) is 5.26 Å². The number of carbonyl (C=O) groups is 2. The van der Waals surface area contributed by atoms with E-state index in [0.29, 0.717) is 22.0 Å². The molecule has 1 unspecified atom stereocenters. The predicted octanol–water partition coefficient (Wildman–Crippen LogP) is 3.55. The summed E-state index contributed by atoms with van der Waals surface area (Å²) in [6, 6.07) is 7.77. The average molecular weight is 383 g/mol. The zero-order valence-electron chi connectivity index (χ0n) is 15.8. The van der Waals surface area contributed by atoms with Gasteiger partial charge in [-0.15, -0.1) is 11.3 Å². The monoisotopic (exact) mass is 383 g/mol. The number of aryl methyl sites for hydroxylation is 2. The highest BCUT2D eigenvalue weighted by Crippen LogP contribution is 2.35. The fourth-order valence-electron chi connectivity index (χ4n) is 3.19. The van der Waals surface area contributed by atoms with Crippen molar-refractivity contribution in [3.63, 3.8) is 0 Å². The number of methoxy groups -OCH3 is 1. The van der Waals surface area contributed by atoms with Crippen molar-refractivity contribution < 1.29 is 14.3 Å². The molecule has 7 heteroatoms. The van der Waals surface area contributed by atoms with Crippen LogP contribution >= 0.6 is 11.3 Å². The second-order valence-corrected chi connectivity index (χ2v) is 7.89. The Bertz CT molecular complexity index is 958. The molecule has 1 atom stereocenters. The number of amides is 2. The van der Waals surface area contributed by atoms with Crippen LogP contribution in [0.15, 0.2) is 18.2 Å². The first-order chi connectivity index (χ1) is 12.8. The summed E-state index contributed by atoms with van der Waals surface area (Å²) in [5, 5.41) is 12.7. The Morgan fingerprint density at radius 1 is 1.37 bits per heavy atom. The van der Waals surface area contributed by atoms with Gasteiger partial charge < -0.3 is 15.0 Å². The second kappa shape index (κ2) is 7.41. The quantitative estimate of drug-likeness (QED) is 0.875. The fourth-order valence-corrected chi connectivity index (χ4v) is 4.20. The molecule has 0 spiro atoms. The number of thiophene rings is 1. The number of nitriles is 1. The molecule has 140 valence electrons. The van der Waals surface area contributed by atoms with Crippen molar-refractivity contribution in [3.05, 3.63) is 39.8 Å². The molecule has 0 saturated carbocycles.